The summed E-state index contributed by atoms with van der Waals surface area (Å²) in [6, 6.07) is 9.22. The highest BCUT2D eigenvalue weighted by Gasteiger charge is 2.24. The molecule has 0 spiro atoms. The Bertz CT molecular complexity index is 1060. The predicted molar refractivity (Wildman–Crippen MR) is 104 cm³/mol. The Hall–Kier alpha value is -3.42. The predicted octanol–water partition coefficient (Wildman–Crippen LogP) is 2.85. The van der Waals surface area contributed by atoms with E-state index in [4.69, 9.17) is 4.74 Å². The lowest BCUT2D eigenvalue weighted by atomic mass is 10.2. The fraction of sp³-hybridized carbons (Fsp3) is 0.300. The molecule has 1 amide bonds. The van der Waals surface area contributed by atoms with Gasteiger partial charge in [0.25, 0.3) is 5.91 Å². The average molecular weight is 379 g/mol. The van der Waals surface area contributed by atoms with E-state index in [2.05, 4.69) is 20.8 Å². The summed E-state index contributed by atoms with van der Waals surface area (Å²) in [4.78, 5) is 24.5. The van der Waals surface area contributed by atoms with Crippen molar-refractivity contribution in [2.45, 2.75) is 32.7 Å². The first-order chi connectivity index (χ1) is 13.6. The number of aromatic nitrogens is 3. The summed E-state index contributed by atoms with van der Waals surface area (Å²) in [5.41, 5.74) is 3.18. The van der Waals surface area contributed by atoms with Gasteiger partial charge in [0.1, 0.15) is 0 Å². The van der Waals surface area contributed by atoms with Crippen molar-refractivity contribution in [2.24, 2.45) is 0 Å². The number of benzene rings is 1. The Morgan fingerprint density at radius 1 is 1.29 bits per heavy atom. The summed E-state index contributed by atoms with van der Waals surface area (Å²) in [5.74, 6) is -0.0177. The topological polar surface area (TPSA) is 97.6 Å². The monoisotopic (exact) mass is 379 g/mol. The first-order valence-corrected chi connectivity index (χ1v) is 9.25. The molecule has 3 aromatic rings. The SMILES string of the molecule is CCOC(=O)c1cc2cnnc(Nc3cccc(C(=O)NC4CC4)c3)n2c1C. The van der Waals surface area contributed by atoms with Gasteiger partial charge in [-0.05, 0) is 51.0 Å². The van der Waals surface area contributed by atoms with Crippen molar-refractivity contribution >= 4 is 29.0 Å². The largest absolute Gasteiger partial charge is 0.462 e. The van der Waals surface area contributed by atoms with Crippen molar-refractivity contribution in [1.82, 2.24) is 19.9 Å². The van der Waals surface area contributed by atoms with Crippen molar-refractivity contribution in [2.75, 3.05) is 11.9 Å². The lowest BCUT2D eigenvalue weighted by molar-refractivity contribution is 0.0525. The second kappa shape index (κ2) is 7.30. The maximum absolute atomic E-state index is 12.3. The number of rotatable bonds is 6. The zero-order chi connectivity index (χ0) is 19.7. The number of ether oxygens (including phenoxy) is 1. The van der Waals surface area contributed by atoms with Gasteiger partial charge < -0.3 is 15.4 Å². The van der Waals surface area contributed by atoms with Gasteiger partial charge in [0.05, 0.1) is 23.9 Å². The molecule has 28 heavy (non-hydrogen) atoms. The van der Waals surface area contributed by atoms with Gasteiger partial charge in [-0.2, -0.15) is 5.10 Å². The average Bonchev–Trinajstić information content (AvgIpc) is 3.43. The van der Waals surface area contributed by atoms with Crippen molar-refractivity contribution in [3.05, 3.63) is 53.3 Å². The highest BCUT2D eigenvalue weighted by Crippen LogP contribution is 2.23. The third-order valence-corrected chi connectivity index (χ3v) is 4.62. The molecule has 0 atom stereocenters. The van der Waals surface area contributed by atoms with E-state index in [1.165, 1.54) is 0 Å². The van der Waals surface area contributed by atoms with Gasteiger partial charge in [-0.25, -0.2) is 4.79 Å². The van der Waals surface area contributed by atoms with Crippen molar-refractivity contribution in [3.8, 4) is 0 Å². The normalized spacial score (nSPS) is 13.4. The Morgan fingerprint density at radius 3 is 2.86 bits per heavy atom. The first kappa shape index (κ1) is 18.0. The number of fused-ring (bicyclic) bond motifs is 1. The van der Waals surface area contributed by atoms with Crippen LogP contribution in [-0.2, 0) is 4.74 Å². The Morgan fingerprint density at radius 2 is 2.11 bits per heavy atom. The molecular weight excluding hydrogens is 358 g/mol. The number of hydrogen-bond acceptors (Lipinski definition) is 6. The van der Waals surface area contributed by atoms with E-state index in [-0.39, 0.29) is 11.9 Å². The van der Waals surface area contributed by atoms with Gasteiger partial charge in [-0.1, -0.05) is 6.07 Å². The fourth-order valence-corrected chi connectivity index (χ4v) is 3.05. The third kappa shape index (κ3) is 3.53. The molecule has 144 valence electrons. The maximum Gasteiger partial charge on any atom is 0.339 e. The summed E-state index contributed by atoms with van der Waals surface area (Å²) in [6.07, 6.45) is 3.66. The van der Waals surface area contributed by atoms with Crippen LogP contribution in [0.4, 0.5) is 11.6 Å². The van der Waals surface area contributed by atoms with E-state index in [1.807, 2.05) is 19.1 Å². The molecule has 0 unspecified atom stereocenters. The van der Waals surface area contributed by atoms with Gasteiger partial charge in [0.2, 0.25) is 5.95 Å². The van der Waals surface area contributed by atoms with Crippen molar-refractivity contribution in [1.29, 1.82) is 0 Å². The first-order valence-electron chi connectivity index (χ1n) is 9.25. The van der Waals surface area contributed by atoms with E-state index in [9.17, 15) is 9.59 Å². The van der Waals surface area contributed by atoms with E-state index >= 15 is 0 Å². The minimum Gasteiger partial charge on any atom is -0.462 e. The van der Waals surface area contributed by atoms with Crippen LogP contribution >= 0.6 is 0 Å². The molecule has 4 rings (SSSR count). The molecule has 0 saturated heterocycles. The molecule has 2 heterocycles. The number of aryl methyl sites for hydroxylation is 1. The van der Waals surface area contributed by atoms with Crippen LogP contribution in [0.1, 0.15) is 46.2 Å². The van der Waals surface area contributed by atoms with Crippen LogP contribution in [-0.4, -0.2) is 39.1 Å². The molecule has 1 fully saturated rings. The van der Waals surface area contributed by atoms with Crippen LogP contribution in [0.5, 0.6) is 0 Å². The summed E-state index contributed by atoms with van der Waals surface area (Å²) in [6.45, 7) is 3.90. The lowest BCUT2D eigenvalue weighted by Crippen LogP contribution is -2.25. The van der Waals surface area contributed by atoms with E-state index < -0.39 is 0 Å². The highest BCUT2D eigenvalue weighted by atomic mass is 16.5. The molecule has 1 aromatic carbocycles. The quantitative estimate of drug-likeness (QED) is 0.639. The van der Waals surface area contributed by atoms with Gasteiger partial charge in [-0.15, -0.1) is 5.10 Å². The lowest BCUT2D eigenvalue weighted by Gasteiger charge is -2.10. The molecule has 0 aliphatic heterocycles. The minimum atomic E-state index is -0.381. The van der Waals surface area contributed by atoms with E-state index in [0.29, 0.717) is 41.1 Å². The highest BCUT2D eigenvalue weighted by molar-refractivity contribution is 5.95. The Balaban J connectivity index is 1.64. The van der Waals surface area contributed by atoms with Gasteiger partial charge >= 0.3 is 5.97 Å². The van der Waals surface area contributed by atoms with Crippen LogP contribution in [0, 0.1) is 6.92 Å². The molecule has 1 saturated carbocycles. The zero-order valence-electron chi connectivity index (χ0n) is 15.7. The van der Waals surface area contributed by atoms with Crippen LogP contribution in [0.2, 0.25) is 0 Å². The smallest absolute Gasteiger partial charge is 0.339 e. The molecule has 1 aliphatic rings. The summed E-state index contributed by atoms with van der Waals surface area (Å²) in [5, 5.41) is 14.3. The zero-order valence-corrected chi connectivity index (χ0v) is 15.7. The molecular formula is C20H21N5O3. The maximum atomic E-state index is 12.3. The van der Waals surface area contributed by atoms with E-state index in [1.54, 1.807) is 35.7 Å². The number of amides is 1. The fourth-order valence-electron chi connectivity index (χ4n) is 3.05. The molecule has 0 radical (unpaired) electrons. The Kier molecular flexibility index (Phi) is 4.68. The molecule has 2 N–H and O–H groups in total. The van der Waals surface area contributed by atoms with Crippen molar-refractivity contribution in [3.63, 3.8) is 0 Å². The summed E-state index contributed by atoms with van der Waals surface area (Å²) in [7, 11) is 0. The van der Waals surface area contributed by atoms with E-state index in [0.717, 1.165) is 18.4 Å². The molecule has 2 aromatic heterocycles. The molecule has 0 bridgehead atoms. The standard InChI is InChI=1S/C20H21N5O3/c1-3-28-19(27)17-10-16-11-21-24-20(25(16)12(17)2)23-15-6-4-5-13(9-15)18(26)22-14-7-8-14/h4-6,9-11,14H,3,7-8H2,1-2H3,(H,22,26)(H,23,24). The second-order valence-electron chi connectivity index (χ2n) is 6.75. The van der Waals surface area contributed by atoms with Crippen molar-refractivity contribution < 1.29 is 14.3 Å². The molecule has 8 nitrogen and oxygen atoms in total. The number of esters is 1. The van der Waals surface area contributed by atoms with Crippen LogP contribution in [0.15, 0.2) is 36.5 Å². The number of nitrogens with zero attached hydrogens (tertiary/aromatic N) is 3. The number of hydrogen-bond donors (Lipinski definition) is 2. The number of anilines is 2. The second-order valence-corrected chi connectivity index (χ2v) is 6.75. The van der Waals surface area contributed by atoms with Crippen LogP contribution in [0.3, 0.4) is 0 Å². The Labute approximate surface area is 161 Å². The minimum absolute atomic E-state index is 0.0859. The van der Waals surface area contributed by atoms with Gasteiger partial charge in [0.15, 0.2) is 0 Å². The number of carbonyl (C=O) groups is 2. The third-order valence-electron chi connectivity index (χ3n) is 4.62. The van der Waals surface area contributed by atoms with Crippen LogP contribution in [0.25, 0.3) is 5.52 Å². The summed E-state index contributed by atoms with van der Waals surface area (Å²) < 4.78 is 6.92. The van der Waals surface area contributed by atoms with Crippen LogP contribution < -0.4 is 10.6 Å². The molecule has 1 aliphatic carbocycles. The van der Waals surface area contributed by atoms with Gasteiger partial charge in [-0.3, -0.25) is 9.20 Å². The molecule has 8 heteroatoms. The van der Waals surface area contributed by atoms with Gasteiger partial charge in [0, 0.05) is 23.0 Å². The number of nitrogens with one attached hydrogen (secondary N) is 2. The number of carbonyl (C=O) groups excluding carboxylic acids is 2. The summed E-state index contributed by atoms with van der Waals surface area (Å²) >= 11 is 0.